The fourth-order valence-corrected chi connectivity index (χ4v) is 2.31. The van der Waals surface area contributed by atoms with Crippen molar-refractivity contribution in [2.24, 2.45) is 10.8 Å². The van der Waals surface area contributed by atoms with Crippen LogP contribution in [0.3, 0.4) is 0 Å². The lowest BCUT2D eigenvalue weighted by Crippen LogP contribution is -2.41. The molecule has 1 aliphatic rings. The molecule has 0 aliphatic heterocycles. The lowest BCUT2D eigenvalue weighted by molar-refractivity contribution is 0.192. The third-order valence-electron chi connectivity index (χ3n) is 3.34. The highest BCUT2D eigenvalue weighted by Crippen LogP contribution is 2.35. The van der Waals surface area contributed by atoms with Crippen LogP contribution in [0.1, 0.15) is 53.4 Å². The lowest BCUT2D eigenvalue weighted by atomic mass is 9.75. The van der Waals surface area contributed by atoms with E-state index in [2.05, 4.69) is 25.2 Å². The first kappa shape index (κ1) is 12.5. The Hall–Kier alpha value is -0.550. The van der Waals surface area contributed by atoms with Crippen molar-refractivity contribution in [3.8, 4) is 6.07 Å². The Labute approximate surface area is 94.1 Å². The van der Waals surface area contributed by atoms with Gasteiger partial charge >= 0.3 is 0 Å². The number of hydrogen-bond donors (Lipinski definition) is 1. The van der Waals surface area contributed by atoms with E-state index in [4.69, 9.17) is 5.26 Å². The van der Waals surface area contributed by atoms with E-state index >= 15 is 0 Å². The van der Waals surface area contributed by atoms with Gasteiger partial charge in [0.25, 0.3) is 0 Å². The van der Waals surface area contributed by atoms with Crippen molar-refractivity contribution in [3.05, 3.63) is 0 Å². The Balaban J connectivity index is 2.37. The summed E-state index contributed by atoms with van der Waals surface area (Å²) in [5.74, 6) is 0. The van der Waals surface area contributed by atoms with Crippen LogP contribution < -0.4 is 5.32 Å². The molecule has 0 heterocycles. The predicted octanol–water partition coefficient (Wildman–Crippen LogP) is 3.09. The number of nitriles is 1. The van der Waals surface area contributed by atoms with Crippen molar-refractivity contribution < 1.29 is 0 Å². The van der Waals surface area contributed by atoms with E-state index in [1.807, 2.05) is 13.8 Å². The van der Waals surface area contributed by atoms with Crippen molar-refractivity contribution in [3.63, 3.8) is 0 Å². The van der Waals surface area contributed by atoms with Crippen LogP contribution in [0.5, 0.6) is 0 Å². The minimum absolute atomic E-state index is 0.235. The Morgan fingerprint density at radius 2 is 2.13 bits per heavy atom. The summed E-state index contributed by atoms with van der Waals surface area (Å²) in [6.45, 7) is 9.48. The molecule has 0 saturated heterocycles. The molecule has 1 rings (SSSR count). The van der Waals surface area contributed by atoms with Gasteiger partial charge < -0.3 is 5.32 Å². The normalized spacial score (nSPS) is 25.9. The fraction of sp³-hybridized carbons (Fsp3) is 0.923. The van der Waals surface area contributed by atoms with Crippen molar-refractivity contribution in [1.29, 1.82) is 5.26 Å². The molecule has 0 aromatic rings. The van der Waals surface area contributed by atoms with Gasteiger partial charge in [0.2, 0.25) is 0 Å². The van der Waals surface area contributed by atoms with Crippen LogP contribution in [0.25, 0.3) is 0 Å². The van der Waals surface area contributed by atoms with Crippen LogP contribution in [0, 0.1) is 22.2 Å². The zero-order chi connectivity index (χ0) is 11.5. The number of rotatable bonds is 3. The Morgan fingerprint density at radius 3 is 2.67 bits per heavy atom. The third kappa shape index (κ3) is 4.22. The molecule has 1 fully saturated rings. The Kier molecular flexibility index (Phi) is 3.78. The second-order valence-corrected chi connectivity index (χ2v) is 6.33. The Morgan fingerprint density at radius 1 is 1.47 bits per heavy atom. The summed E-state index contributed by atoms with van der Waals surface area (Å²) >= 11 is 0. The zero-order valence-electron chi connectivity index (χ0n) is 10.6. The van der Waals surface area contributed by atoms with Crippen LogP contribution >= 0.6 is 0 Å². The first-order chi connectivity index (χ1) is 6.85. The minimum Gasteiger partial charge on any atom is -0.312 e. The lowest BCUT2D eigenvalue weighted by Gasteiger charge is -2.36. The molecule has 2 heteroatoms. The van der Waals surface area contributed by atoms with E-state index in [1.54, 1.807) is 0 Å². The van der Waals surface area contributed by atoms with Crippen LogP contribution in [0.4, 0.5) is 0 Å². The Bertz CT molecular complexity index is 248. The van der Waals surface area contributed by atoms with Gasteiger partial charge in [-0.15, -0.1) is 0 Å². The SMILES string of the molecule is CC(C)(C#N)CNC1CCCC(C)(C)C1. The summed E-state index contributed by atoms with van der Waals surface area (Å²) in [5, 5.41) is 12.5. The van der Waals surface area contributed by atoms with Crippen molar-refractivity contribution in [1.82, 2.24) is 5.32 Å². The maximum atomic E-state index is 8.94. The highest BCUT2D eigenvalue weighted by Gasteiger charge is 2.28. The van der Waals surface area contributed by atoms with Crippen molar-refractivity contribution >= 4 is 0 Å². The molecule has 86 valence electrons. The van der Waals surface area contributed by atoms with Crippen LogP contribution in [0.15, 0.2) is 0 Å². The molecule has 1 unspecified atom stereocenters. The fourth-order valence-electron chi connectivity index (χ4n) is 2.31. The molecular weight excluding hydrogens is 184 g/mol. The first-order valence-corrected chi connectivity index (χ1v) is 5.99. The second-order valence-electron chi connectivity index (χ2n) is 6.33. The summed E-state index contributed by atoms with van der Waals surface area (Å²) in [7, 11) is 0. The average Bonchev–Trinajstić information content (AvgIpc) is 2.14. The quantitative estimate of drug-likeness (QED) is 0.773. The number of nitrogens with one attached hydrogen (secondary N) is 1. The molecule has 0 aromatic heterocycles. The molecule has 1 atom stereocenters. The van der Waals surface area contributed by atoms with E-state index in [9.17, 15) is 0 Å². The molecule has 0 radical (unpaired) electrons. The molecule has 0 aromatic carbocycles. The summed E-state index contributed by atoms with van der Waals surface area (Å²) < 4.78 is 0. The summed E-state index contributed by atoms with van der Waals surface area (Å²) in [5.41, 5.74) is 0.244. The molecule has 0 bridgehead atoms. The van der Waals surface area contributed by atoms with Gasteiger partial charge in [-0.1, -0.05) is 20.3 Å². The second kappa shape index (κ2) is 4.53. The molecule has 1 saturated carbocycles. The smallest absolute Gasteiger partial charge is 0.0697 e. The van der Waals surface area contributed by atoms with Crippen LogP contribution in [-0.4, -0.2) is 12.6 Å². The van der Waals surface area contributed by atoms with E-state index in [0.717, 1.165) is 6.54 Å². The minimum atomic E-state index is -0.235. The van der Waals surface area contributed by atoms with Gasteiger partial charge in [-0.3, -0.25) is 0 Å². The standard InChI is InChI=1S/C13H24N2/c1-12(2)7-5-6-11(8-12)15-10-13(3,4)9-14/h11,15H,5-8,10H2,1-4H3. The first-order valence-electron chi connectivity index (χ1n) is 5.99. The summed E-state index contributed by atoms with van der Waals surface area (Å²) in [6.07, 6.45) is 5.17. The van der Waals surface area contributed by atoms with Crippen molar-refractivity contribution in [2.45, 2.75) is 59.4 Å². The van der Waals surface area contributed by atoms with Gasteiger partial charge in [0, 0.05) is 12.6 Å². The largest absolute Gasteiger partial charge is 0.312 e. The molecule has 2 nitrogen and oxygen atoms in total. The average molecular weight is 208 g/mol. The molecule has 0 amide bonds. The van der Waals surface area contributed by atoms with Gasteiger partial charge in [-0.2, -0.15) is 5.26 Å². The predicted molar refractivity (Wildman–Crippen MR) is 63.4 cm³/mol. The molecule has 15 heavy (non-hydrogen) atoms. The van der Waals surface area contributed by atoms with Gasteiger partial charge in [0.1, 0.15) is 0 Å². The van der Waals surface area contributed by atoms with E-state index in [1.165, 1.54) is 25.7 Å². The maximum absolute atomic E-state index is 8.94. The summed E-state index contributed by atoms with van der Waals surface area (Å²) in [6, 6.07) is 2.95. The highest BCUT2D eigenvalue weighted by molar-refractivity contribution is 4.95. The third-order valence-corrected chi connectivity index (χ3v) is 3.34. The van der Waals surface area contributed by atoms with Crippen molar-refractivity contribution in [2.75, 3.05) is 6.54 Å². The van der Waals surface area contributed by atoms with Gasteiger partial charge in [-0.25, -0.2) is 0 Å². The van der Waals surface area contributed by atoms with E-state index < -0.39 is 0 Å². The summed E-state index contributed by atoms with van der Waals surface area (Å²) in [4.78, 5) is 0. The van der Waals surface area contributed by atoms with Crippen LogP contribution in [0.2, 0.25) is 0 Å². The van der Waals surface area contributed by atoms with E-state index in [-0.39, 0.29) is 5.41 Å². The molecular formula is C13H24N2. The van der Waals surface area contributed by atoms with Crippen LogP contribution in [-0.2, 0) is 0 Å². The molecule has 1 N–H and O–H groups in total. The highest BCUT2D eigenvalue weighted by atomic mass is 14.9. The number of nitrogens with zero attached hydrogens (tertiary/aromatic N) is 1. The molecule has 1 aliphatic carbocycles. The van der Waals surface area contributed by atoms with E-state index in [0.29, 0.717) is 11.5 Å². The van der Waals surface area contributed by atoms with Gasteiger partial charge in [0.15, 0.2) is 0 Å². The zero-order valence-corrected chi connectivity index (χ0v) is 10.6. The van der Waals surface area contributed by atoms with Gasteiger partial charge in [0.05, 0.1) is 11.5 Å². The number of hydrogen-bond acceptors (Lipinski definition) is 2. The monoisotopic (exact) mass is 208 g/mol. The maximum Gasteiger partial charge on any atom is 0.0697 e. The van der Waals surface area contributed by atoms with Gasteiger partial charge in [-0.05, 0) is 38.5 Å². The molecule has 0 spiro atoms. The topological polar surface area (TPSA) is 35.8 Å².